The summed E-state index contributed by atoms with van der Waals surface area (Å²) in [4.78, 5) is 11.4. The Hall–Kier alpha value is -0.513. The van der Waals surface area contributed by atoms with Crippen LogP contribution in [-0.4, -0.2) is 5.78 Å². The van der Waals surface area contributed by atoms with E-state index in [2.05, 4.69) is 13.0 Å². The predicted octanol–water partition coefficient (Wildman–Crippen LogP) is -0.136. The molecule has 1 aromatic carbocycles. The molecule has 2 heteroatoms. The Bertz CT molecular complexity index is 244. The fourth-order valence-corrected chi connectivity index (χ4v) is 1.05. The van der Waals surface area contributed by atoms with E-state index >= 15 is 0 Å². The zero-order valence-electron chi connectivity index (χ0n) is 8.34. The normalized spacial score (nSPS) is 9.00. The summed E-state index contributed by atoms with van der Waals surface area (Å²) in [6.07, 6.45) is 2.72. The van der Waals surface area contributed by atoms with Gasteiger partial charge in [0.05, 0.1) is 0 Å². The van der Waals surface area contributed by atoms with Gasteiger partial charge in [-0.25, -0.2) is 0 Å². The molecule has 1 nitrogen and oxygen atoms in total. The number of hydrogen-bond acceptors (Lipinski definition) is 1. The van der Waals surface area contributed by atoms with Crippen LogP contribution in [0.25, 0.3) is 0 Å². The zero-order valence-corrected chi connectivity index (χ0v) is 8.34. The van der Waals surface area contributed by atoms with Crippen molar-refractivity contribution in [2.24, 2.45) is 0 Å². The monoisotopic (exact) mass is 168 g/mol. The Labute approximate surface area is 91.7 Å². The number of hydrogen-bond donors (Lipinski definition) is 0. The van der Waals surface area contributed by atoms with Crippen molar-refractivity contribution in [2.45, 2.75) is 26.2 Å². The maximum atomic E-state index is 11.4. The predicted molar refractivity (Wildman–Crippen MR) is 49.1 cm³/mol. The van der Waals surface area contributed by atoms with Crippen molar-refractivity contribution in [3.8, 4) is 0 Å². The van der Waals surface area contributed by atoms with Gasteiger partial charge in [-0.2, -0.15) is 30.3 Å². The van der Waals surface area contributed by atoms with Crippen molar-refractivity contribution in [1.29, 1.82) is 0 Å². The average Bonchev–Trinajstić information content (AvgIpc) is 2.15. The first kappa shape index (κ1) is 12.5. The van der Waals surface area contributed by atoms with Crippen molar-refractivity contribution >= 4 is 5.78 Å². The Morgan fingerprint density at radius 2 is 2.00 bits per heavy atom. The molecule has 64 valence electrons. The van der Waals surface area contributed by atoms with E-state index < -0.39 is 0 Å². The third-order valence-corrected chi connectivity index (χ3v) is 1.80. The van der Waals surface area contributed by atoms with Crippen molar-refractivity contribution in [1.82, 2.24) is 0 Å². The summed E-state index contributed by atoms with van der Waals surface area (Å²) < 4.78 is 0. The van der Waals surface area contributed by atoms with Gasteiger partial charge in [-0.15, -0.1) is 0 Å². The summed E-state index contributed by atoms with van der Waals surface area (Å²) in [5.41, 5.74) is 0.808. The third kappa shape index (κ3) is 4.31. The molecule has 1 aromatic rings. The van der Waals surface area contributed by atoms with Crippen LogP contribution in [0, 0.1) is 6.07 Å². The Morgan fingerprint density at radius 1 is 1.38 bits per heavy atom. The molecule has 0 aromatic heterocycles. The molecule has 0 bridgehead atoms. The fourth-order valence-electron chi connectivity index (χ4n) is 1.05. The van der Waals surface area contributed by atoms with Crippen LogP contribution in [0.2, 0.25) is 0 Å². The molecule has 0 amide bonds. The second-order valence-electron chi connectivity index (χ2n) is 2.82. The number of ketones is 1. The van der Waals surface area contributed by atoms with E-state index in [-0.39, 0.29) is 24.6 Å². The van der Waals surface area contributed by atoms with Gasteiger partial charge in [0.1, 0.15) is 5.78 Å². The zero-order chi connectivity index (χ0) is 8.81. The van der Waals surface area contributed by atoms with Crippen LogP contribution < -0.4 is 18.9 Å². The van der Waals surface area contributed by atoms with Crippen molar-refractivity contribution < 1.29 is 23.7 Å². The quantitative estimate of drug-likeness (QED) is 0.347. The number of unbranched alkanes of at least 4 members (excludes halogenated alkanes) is 1. The molecule has 0 aliphatic heterocycles. The Morgan fingerprint density at radius 3 is 2.54 bits per heavy atom. The average molecular weight is 168 g/mol. The van der Waals surface area contributed by atoms with E-state index in [0.717, 1.165) is 18.4 Å². The van der Waals surface area contributed by atoms with Crippen LogP contribution >= 0.6 is 0 Å². The van der Waals surface area contributed by atoms with Crippen LogP contribution in [0.5, 0.6) is 0 Å². The molecule has 1 rings (SSSR count). The summed E-state index contributed by atoms with van der Waals surface area (Å²) in [5, 5.41) is 0. The number of Topliss-reactive ketones (excluding diaryl/α,β-unsaturated/α-hetero) is 1. The summed E-state index contributed by atoms with van der Waals surface area (Å²) in [5.74, 6) is 0.242. The molecule has 0 spiro atoms. The van der Waals surface area contributed by atoms with Crippen molar-refractivity contribution in [3.63, 3.8) is 0 Å². The number of carbonyl (C=O) groups is 1. The molecule has 0 saturated carbocycles. The molecule has 0 fully saturated rings. The van der Waals surface area contributed by atoms with Gasteiger partial charge >= 0.3 is 18.9 Å². The van der Waals surface area contributed by atoms with Gasteiger partial charge in [0, 0.05) is 6.42 Å². The van der Waals surface area contributed by atoms with E-state index in [1.807, 2.05) is 12.1 Å². The minimum absolute atomic E-state index is 0. The third-order valence-electron chi connectivity index (χ3n) is 1.80. The van der Waals surface area contributed by atoms with Crippen molar-refractivity contribution in [2.75, 3.05) is 0 Å². The summed E-state index contributed by atoms with van der Waals surface area (Å²) >= 11 is 0. The first-order valence-electron chi connectivity index (χ1n) is 4.34. The van der Waals surface area contributed by atoms with E-state index in [1.54, 1.807) is 12.1 Å². The van der Waals surface area contributed by atoms with Gasteiger partial charge in [0.15, 0.2) is 0 Å². The minimum Gasteiger partial charge on any atom is -0.297 e. The van der Waals surface area contributed by atoms with Gasteiger partial charge in [-0.05, 0) is 6.42 Å². The summed E-state index contributed by atoms with van der Waals surface area (Å²) in [6.45, 7) is 2.09. The molecule has 0 N–H and O–H groups in total. The molecule has 0 unspecified atom stereocenters. The first-order chi connectivity index (χ1) is 5.84. The van der Waals surface area contributed by atoms with Crippen LogP contribution in [0.4, 0.5) is 0 Å². The van der Waals surface area contributed by atoms with Gasteiger partial charge in [-0.1, -0.05) is 18.9 Å². The number of carbonyl (C=O) groups excluding carboxylic acids is 1. The van der Waals surface area contributed by atoms with Crippen LogP contribution in [0.3, 0.4) is 0 Å². The molecule has 0 radical (unpaired) electrons. The number of rotatable bonds is 4. The molecule has 0 saturated heterocycles. The smallest absolute Gasteiger partial charge is 0.297 e. The largest absolute Gasteiger partial charge is 1.00 e. The topological polar surface area (TPSA) is 17.1 Å². The molecule has 13 heavy (non-hydrogen) atoms. The van der Waals surface area contributed by atoms with Gasteiger partial charge < -0.3 is 0 Å². The van der Waals surface area contributed by atoms with E-state index in [0.29, 0.717) is 6.42 Å². The van der Waals surface area contributed by atoms with Crippen LogP contribution in [0.15, 0.2) is 24.3 Å². The van der Waals surface area contributed by atoms with E-state index in [4.69, 9.17) is 0 Å². The fraction of sp³-hybridized carbons (Fsp3) is 0.364. The van der Waals surface area contributed by atoms with Crippen LogP contribution in [0.1, 0.15) is 36.5 Å². The summed E-state index contributed by atoms with van der Waals surface area (Å²) in [6, 6.07) is 10.1. The Balaban J connectivity index is 0.00000144. The minimum atomic E-state index is 0. The van der Waals surface area contributed by atoms with Crippen LogP contribution in [-0.2, 0) is 0 Å². The molecular formula is C11H13LiO. The first-order valence-corrected chi connectivity index (χ1v) is 4.34. The standard InChI is InChI=1S/C11H13O.Li/c1-2-3-9-11(12)10-7-5-4-6-8-10;/h5-8H,2-3,9H2,1H3;/q-1;+1. The Kier molecular flexibility index (Phi) is 6.67. The van der Waals surface area contributed by atoms with Gasteiger partial charge in [0.25, 0.3) is 0 Å². The SMILES string of the molecule is CCCCC(=O)c1cc[c-]cc1.[Li+]. The van der Waals surface area contributed by atoms with E-state index in [1.165, 1.54) is 0 Å². The second kappa shape index (κ2) is 6.95. The molecule has 0 aliphatic rings. The van der Waals surface area contributed by atoms with E-state index in [9.17, 15) is 4.79 Å². The molecule has 0 aliphatic carbocycles. The maximum Gasteiger partial charge on any atom is 1.00 e. The molecule has 0 heterocycles. The second-order valence-corrected chi connectivity index (χ2v) is 2.82. The maximum absolute atomic E-state index is 11.4. The van der Waals surface area contributed by atoms with Gasteiger partial charge in [0.2, 0.25) is 0 Å². The molecular weight excluding hydrogens is 155 g/mol. The number of benzene rings is 1. The van der Waals surface area contributed by atoms with Gasteiger partial charge in [-0.3, -0.25) is 4.79 Å². The molecule has 0 atom stereocenters. The summed E-state index contributed by atoms with van der Waals surface area (Å²) in [7, 11) is 0. The van der Waals surface area contributed by atoms with Crippen molar-refractivity contribution in [3.05, 3.63) is 35.9 Å².